The van der Waals surface area contributed by atoms with E-state index in [9.17, 15) is 0 Å². The fraction of sp³-hybridized carbons (Fsp3) is 0.158. The molecule has 1 heterocycles. The van der Waals surface area contributed by atoms with Gasteiger partial charge in [-0.1, -0.05) is 26.0 Å². The molecule has 3 rings (SSSR count). The second-order valence-electron chi connectivity index (χ2n) is 4.51. The van der Waals surface area contributed by atoms with Gasteiger partial charge in [-0.2, -0.15) is 0 Å². The van der Waals surface area contributed by atoms with Crippen LogP contribution in [0.4, 0.5) is 5.69 Å². The van der Waals surface area contributed by atoms with E-state index in [0.29, 0.717) is 0 Å². The van der Waals surface area contributed by atoms with Crippen molar-refractivity contribution >= 4 is 5.69 Å². The zero-order valence-electron chi connectivity index (χ0n) is 13.2. The number of nitrogens with two attached hydrogens (primary N) is 1. The zero-order valence-corrected chi connectivity index (χ0v) is 13.2. The van der Waals surface area contributed by atoms with Crippen LogP contribution in [0.2, 0.25) is 0 Å². The molecule has 0 unspecified atom stereocenters. The highest BCUT2D eigenvalue weighted by Gasteiger charge is 2.09. The minimum atomic E-state index is 0.745. The highest BCUT2D eigenvalue weighted by atomic mass is 16.5. The van der Waals surface area contributed by atoms with Crippen LogP contribution in [-0.4, -0.2) is 7.11 Å². The summed E-state index contributed by atoms with van der Waals surface area (Å²) in [5.74, 6) is 1.66. The minimum Gasteiger partial charge on any atom is -0.496 e. The topological polar surface area (TPSA) is 48.4 Å². The van der Waals surface area contributed by atoms with Crippen molar-refractivity contribution < 1.29 is 9.15 Å². The molecule has 0 spiro atoms. The molecule has 3 heteroatoms. The van der Waals surface area contributed by atoms with E-state index in [1.807, 2.05) is 62.4 Å². The number of methoxy groups -OCH3 is 1. The van der Waals surface area contributed by atoms with Gasteiger partial charge in [0.25, 0.3) is 0 Å². The Kier molecular flexibility index (Phi) is 5.26. The van der Waals surface area contributed by atoms with Crippen molar-refractivity contribution in [1.29, 1.82) is 0 Å². The summed E-state index contributed by atoms with van der Waals surface area (Å²) in [7, 11) is 1.67. The maximum Gasteiger partial charge on any atom is 0.133 e. The smallest absolute Gasteiger partial charge is 0.133 e. The van der Waals surface area contributed by atoms with E-state index in [1.165, 1.54) is 0 Å². The second-order valence-corrected chi connectivity index (χ2v) is 4.51. The predicted octanol–water partition coefficient (Wildman–Crippen LogP) is 5.23. The van der Waals surface area contributed by atoms with Crippen molar-refractivity contribution in [3.8, 4) is 28.2 Å². The lowest BCUT2D eigenvalue weighted by molar-refractivity contribution is 0.416. The average molecular weight is 295 g/mol. The van der Waals surface area contributed by atoms with Crippen LogP contribution in [0.1, 0.15) is 13.8 Å². The molecule has 0 atom stereocenters. The molecule has 0 bridgehead atoms. The number of hydrogen-bond acceptors (Lipinski definition) is 3. The third-order valence-electron chi connectivity index (χ3n) is 3.23. The molecule has 22 heavy (non-hydrogen) atoms. The van der Waals surface area contributed by atoms with Gasteiger partial charge in [-0.25, -0.2) is 0 Å². The Bertz CT molecular complexity index is 701. The third kappa shape index (κ3) is 3.31. The number of ether oxygens (including phenoxy) is 1. The Hall–Kier alpha value is -2.68. The van der Waals surface area contributed by atoms with Gasteiger partial charge in [0.15, 0.2) is 0 Å². The largest absolute Gasteiger partial charge is 0.496 e. The number of furan rings is 1. The molecule has 3 nitrogen and oxygen atoms in total. The van der Waals surface area contributed by atoms with Crippen molar-refractivity contribution in [3.63, 3.8) is 0 Å². The molecule has 1 aromatic heterocycles. The van der Waals surface area contributed by atoms with Crippen molar-refractivity contribution in [1.82, 2.24) is 0 Å². The molecule has 2 aromatic carbocycles. The lowest BCUT2D eigenvalue weighted by Crippen LogP contribution is -1.90. The third-order valence-corrected chi connectivity index (χ3v) is 3.23. The van der Waals surface area contributed by atoms with Crippen LogP contribution in [0, 0.1) is 0 Å². The molecular weight excluding hydrogens is 274 g/mol. The highest BCUT2D eigenvalue weighted by Crippen LogP contribution is 2.34. The zero-order chi connectivity index (χ0) is 15.9. The summed E-state index contributed by atoms with van der Waals surface area (Å²) in [6, 6.07) is 17.5. The van der Waals surface area contributed by atoms with Crippen LogP contribution in [-0.2, 0) is 0 Å². The number of rotatable bonds is 3. The van der Waals surface area contributed by atoms with Gasteiger partial charge in [0.1, 0.15) is 11.5 Å². The maximum absolute atomic E-state index is 5.74. The van der Waals surface area contributed by atoms with E-state index >= 15 is 0 Å². The lowest BCUT2D eigenvalue weighted by Gasteiger charge is -2.10. The summed E-state index contributed by atoms with van der Waals surface area (Å²) in [6.45, 7) is 4.00. The van der Waals surface area contributed by atoms with E-state index < -0.39 is 0 Å². The Morgan fingerprint density at radius 1 is 0.909 bits per heavy atom. The maximum atomic E-state index is 5.74. The van der Waals surface area contributed by atoms with E-state index in [2.05, 4.69) is 6.07 Å². The molecule has 2 N–H and O–H groups in total. The standard InChI is InChI=1S/C17H15NO2.C2H6/c1-19-17-9-6-13(16-3-2-10-20-16)11-15(17)12-4-7-14(18)8-5-12;1-2/h2-11H,18H2,1H3;1-2H3. The number of benzene rings is 2. The molecule has 3 aromatic rings. The van der Waals surface area contributed by atoms with Crippen LogP contribution in [0.25, 0.3) is 22.5 Å². The SMILES string of the molecule is CC.COc1ccc(-c2ccco2)cc1-c1ccc(N)cc1. The molecule has 0 saturated heterocycles. The summed E-state index contributed by atoms with van der Waals surface area (Å²) in [5.41, 5.74) is 9.57. The van der Waals surface area contributed by atoms with Crippen LogP contribution in [0.5, 0.6) is 5.75 Å². The predicted molar refractivity (Wildman–Crippen MR) is 91.9 cm³/mol. The molecule has 0 aliphatic heterocycles. The minimum absolute atomic E-state index is 0.745. The Morgan fingerprint density at radius 2 is 1.59 bits per heavy atom. The highest BCUT2D eigenvalue weighted by molar-refractivity contribution is 5.77. The first kappa shape index (κ1) is 15.7. The van der Waals surface area contributed by atoms with Gasteiger partial charge in [0.05, 0.1) is 13.4 Å². The summed E-state index contributed by atoms with van der Waals surface area (Å²) in [4.78, 5) is 0. The molecule has 0 amide bonds. The summed E-state index contributed by atoms with van der Waals surface area (Å²) in [5, 5.41) is 0. The van der Waals surface area contributed by atoms with Crippen LogP contribution >= 0.6 is 0 Å². The number of anilines is 1. The van der Waals surface area contributed by atoms with Gasteiger partial charge in [0.2, 0.25) is 0 Å². The molecule has 0 aliphatic rings. The molecular formula is C19H21NO2. The average Bonchev–Trinajstić information content (AvgIpc) is 3.11. The number of hydrogen-bond donors (Lipinski definition) is 1. The van der Waals surface area contributed by atoms with E-state index in [1.54, 1.807) is 13.4 Å². The van der Waals surface area contributed by atoms with Crippen LogP contribution in [0.3, 0.4) is 0 Å². The van der Waals surface area contributed by atoms with E-state index in [-0.39, 0.29) is 0 Å². The van der Waals surface area contributed by atoms with Crippen molar-refractivity contribution in [2.24, 2.45) is 0 Å². The van der Waals surface area contributed by atoms with Gasteiger partial charge in [-0.05, 0) is 48.0 Å². The quantitative estimate of drug-likeness (QED) is 0.673. The molecule has 0 aliphatic carbocycles. The fourth-order valence-electron chi connectivity index (χ4n) is 2.19. The van der Waals surface area contributed by atoms with Gasteiger partial charge in [-0.3, -0.25) is 0 Å². The summed E-state index contributed by atoms with van der Waals surface area (Å²) < 4.78 is 10.9. The van der Waals surface area contributed by atoms with Gasteiger partial charge < -0.3 is 14.9 Å². The van der Waals surface area contributed by atoms with E-state index in [4.69, 9.17) is 14.9 Å². The normalized spacial score (nSPS) is 9.77. The first-order chi connectivity index (χ1) is 10.8. The summed E-state index contributed by atoms with van der Waals surface area (Å²) >= 11 is 0. The molecule has 0 saturated carbocycles. The summed E-state index contributed by atoms with van der Waals surface area (Å²) in [6.07, 6.45) is 1.67. The van der Waals surface area contributed by atoms with Crippen molar-refractivity contribution in [3.05, 3.63) is 60.9 Å². The van der Waals surface area contributed by atoms with Gasteiger partial charge in [-0.15, -0.1) is 0 Å². The fourth-order valence-corrected chi connectivity index (χ4v) is 2.19. The molecule has 114 valence electrons. The molecule has 0 fully saturated rings. The van der Waals surface area contributed by atoms with Crippen LogP contribution in [0.15, 0.2) is 65.3 Å². The first-order valence-electron chi connectivity index (χ1n) is 7.36. The monoisotopic (exact) mass is 295 g/mol. The Labute approximate surface area is 131 Å². The Morgan fingerprint density at radius 3 is 2.18 bits per heavy atom. The van der Waals surface area contributed by atoms with E-state index in [0.717, 1.165) is 33.9 Å². The first-order valence-corrected chi connectivity index (χ1v) is 7.36. The Balaban J connectivity index is 0.000000847. The lowest BCUT2D eigenvalue weighted by atomic mass is 10.0. The second kappa shape index (κ2) is 7.36. The molecule has 0 radical (unpaired) electrons. The van der Waals surface area contributed by atoms with Crippen molar-refractivity contribution in [2.45, 2.75) is 13.8 Å². The number of nitrogen functional groups attached to an aromatic ring is 1. The van der Waals surface area contributed by atoms with Gasteiger partial charge >= 0.3 is 0 Å². The van der Waals surface area contributed by atoms with Crippen molar-refractivity contribution in [2.75, 3.05) is 12.8 Å². The van der Waals surface area contributed by atoms with Crippen LogP contribution < -0.4 is 10.5 Å². The van der Waals surface area contributed by atoms with Gasteiger partial charge in [0, 0.05) is 16.8 Å².